The van der Waals surface area contributed by atoms with Crippen molar-refractivity contribution in [1.82, 2.24) is 4.98 Å². The van der Waals surface area contributed by atoms with Gasteiger partial charge in [0.2, 0.25) is 0 Å². The van der Waals surface area contributed by atoms with Crippen LogP contribution in [0.25, 0.3) is 5.76 Å². The van der Waals surface area contributed by atoms with Gasteiger partial charge < -0.3 is 19.3 Å². The highest BCUT2D eigenvalue weighted by Gasteiger charge is 2.48. The molecule has 43 heavy (non-hydrogen) atoms. The van der Waals surface area contributed by atoms with Gasteiger partial charge in [0.15, 0.2) is 22.4 Å². The third kappa shape index (κ3) is 5.88. The number of Topliss-reactive ketones (excluding diaryl/α,β-unsaturated/α-hetero) is 2. The lowest BCUT2D eigenvalue weighted by atomic mass is 9.94. The van der Waals surface area contributed by atoms with Gasteiger partial charge in [-0.2, -0.15) is 0 Å². The lowest BCUT2D eigenvalue weighted by Gasteiger charge is -2.24. The number of aryl methyl sites for hydroxylation is 1. The maximum absolute atomic E-state index is 13.7. The zero-order valence-electron chi connectivity index (χ0n) is 25.2. The molecule has 1 saturated heterocycles. The molecule has 3 aromatic rings. The van der Waals surface area contributed by atoms with E-state index < -0.39 is 17.7 Å². The highest BCUT2D eigenvalue weighted by Crippen LogP contribution is 2.46. The first-order valence-corrected chi connectivity index (χ1v) is 15.3. The number of nitrogens with zero attached hydrogens (tertiary/aromatic N) is 2. The molecule has 226 valence electrons. The maximum Gasteiger partial charge on any atom is 0.301 e. The second kappa shape index (κ2) is 12.2. The minimum absolute atomic E-state index is 0.000140. The summed E-state index contributed by atoms with van der Waals surface area (Å²) in [6.45, 7) is 12.0. The van der Waals surface area contributed by atoms with Gasteiger partial charge in [-0.3, -0.25) is 19.3 Å². The van der Waals surface area contributed by atoms with E-state index in [2.05, 4.69) is 18.8 Å². The molecule has 2 aromatic carbocycles. The van der Waals surface area contributed by atoms with Crippen LogP contribution in [0.1, 0.15) is 79.1 Å². The van der Waals surface area contributed by atoms with E-state index in [9.17, 15) is 19.5 Å². The standard InChI is InChI=1S/C33H36N2O7S/c1-7-40-26-16-21(8-11-25(26)41-13-12-17(2)3)28-27(29(37)22-9-10-24-23(15-22)14-18(4)42-24)30(38)32(39)35(28)33-34-19(5)31(43-33)20(6)36/h8-11,15-18,28,37H,7,12-14H2,1-6H3/t18-,28-/m1/s1. The van der Waals surface area contributed by atoms with Crippen LogP contribution in [-0.2, 0) is 16.0 Å². The number of carbonyl (C=O) groups excluding carboxylic acids is 3. The molecule has 2 aliphatic rings. The third-order valence-electron chi connectivity index (χ3n) is 7.46. The maximum atomic E-state index is 13.7. The number of aliphatic hydroxyl groups excluding tert-OH is 1. The Morgan fingerprint density at radius 1 is 1.16 bits per heavy atom. The normalized spacial score (nSPS) is 19.1. The summed E-state index contributed by atoms with van der Waals surface area (Å²) in [5.74, 6) is 0.00568. The number of fused-ring (bicyclic) bond motifs is 1. The summed E-state index contributed by atoms with van der Waals surface area (Å²) < 4.78 is 17.7. The van der Waals surface area contributed by atoms with E-state index in [1.165, 1.54) is 11.8 Å². The van der Waals surface area contributed by atoms with E-state index >= 15 is 0 Å². The molecule has 10 heteroatoms. The summed E-state index contributed by atoms with van der Waals surface area (Å²) in [5.41, 5.74) is 2.22. The Balaban J connectivity index is 1.66. The van der Waals surface area contributed by atoms with Crippen LogP contribution in [0, 0.1) is 12.8 Å². The lowest BCUT2D eigenvalue weighted by Crippen LogP contribution is -2.29. The molecular formula is C33H36N2O7S. The number of anilines is 1. The van der Waals surface area contributed by atoms with Gasteiger partial charge in [0.1, 0.15) is 17.6 Å². The van der Waals surface area contributed by atoms with Gasteiger partial charge >= 0.3 is 5.91 Å². The molecule has 5 rings (SSSR count). The average Bonchev–Trinajstić information content (AvgIpc) is 3.60. The second-order valence-corrected chi connectivity index (χ2v) is 12.2. The summed E-state index contributed by atoms with van der Waals surface area (Å²) in [6.07, 6.45) is 1.52. The van der Waals surface area contributed by atoms with Crippen LogP contribution >= 0.6 is 11.3 Å². The molecule has 9 nitrogen and oxygen atoms in total. The fourth-order valence-corrected chi connectivity index (χ4v) is 6.36. The number of hydrogen-bond donors (Lipinski definition) is 1. The minimum Gasteiger partial charge on any atom is -0.507 e. The molecule has 0 aliphatic carbocycles. The summed E-state index contributed by atoms with van der Waals surface area (Å²) in [5, 5.41) is 11.9. The summed E-state index contributed by atoms with van der Waals surface area (Å²) in [6, 6.07) is 9.44. The van der Waals surface area contributed by atoms with Crippen LogP contribution in [0.4, 0.5) is 5.13 Å². The monoisotopic (exact) mass is 604 g/mol. The van der Waals surface area contributed by atoms with Crippen molar-refractivity contribution < 1.29 is 33.7 Å². The highest BCUT2D eigenvalue weighted by atomic mass is 32.1. The molecule has 0 radical (unpaired) electrons. The molecule has 1 aromatic heterocycles. The molecule has 0 bridgehead atoms. The first-order valence-electron chi connectivity index (χ1n) is 14.5. The van der Waals surface area contributed by atoms with Gasteiger partial charge in [-0.05, 0) is 74.6 Å². The molecule has 3 heterocycles. The van der Waals surface area contributed by atoms with Crippen molar-refractivity contribution in [3.8, 4) is 17.2 Å². The lowest BCUT2D eigenvalue weighted by molar-refractivity contribution is -0.132. The van der Waals surface area contributed by atoms with Crippen molar-refractivity contribution in [3.63, 3.8) is 0 Å². The Morgan fingerprint density at radius 3 is 2.60 bits per heavy atom. The Bertz CT molecular complexity index is 1620. The van der Waals surface area contributed by atoms with E-state index in [0.717, 1.165) is 29.1 Å². The first-order chi connectivity index (χ1) is 20.5. The number of thiazole rings is 1. The molecule has 1 fully saturated rings. The van der Waals surface area contributed by atoms with E-state index in [1.54, 1.807) is 43.3 Å². The van der Waals surface area contributed by atoms with Crippen LogP contribution < -0.4 is 19.1 Å². The number of carbonyl (C=O) groups is 3. The zero-order valence-corrected chi connectivity index (χ0v) is 26.0. The van der Waals surface area contributed by atoms with Gasteiger partial charge in [-0.15, -0.1) is 0 Å². The number of hydrogen-bond acceptors (Lipinski definition) is 9. The summed E-state index contributed by atoms with van der Waals surface area (Å²) in [7, 11) is 0. The van der Waals surface area contributed by atoms with Crippen molar-refractivity contribution in [2.24, 2.45) is 5.92 Å². The van der Waals surface area contributed by atoms with Gasteiger partial charge in [0, 0.05) is 18.9 Å². The van der Waals surface area contributed by atoms with Crippen molar-refractivity contribution in [2.45, 2.75) is 66.5 Å². The fraction of sp³-hybridized carbons (Fsp3) is 0.394. The van der Waals surface area contributed by atoms with Gasteiger partial charge in [-0.1, -0.05) is 31.3 Å². The molecule has 0 unspecified atom stereocenters. The predicted octanol–water partition coefficient (Wildman–Crippen LogP) is 6.43. The van der Waals surface area contributed by atoms with Crippen molar-refractivity contribution >= 4 is 39.7 Å². The Morgan fingerprint density at radius 2 is 1.93 bits per heavy atom. The number of aliphatic hydroxyl groups is 1. The van der Waals surface area contributed by atoms with Crippen LogP contribution in [0.2, 0.25) is 0 Å². The van der Waals surface area contributed by atoms with Gasteiger partial charge in [0.05, 0.1) is 35.4 Å². The van der Waals surface area contributed by atoms with Crippen LogP contribution in [0.3, 0.4) is 0 Å². The van der Waals surface area contributed by atoms with Crippen molar-refractivity contribution in [3.05, 3.63) is 69.2 Å². The number of ether oxygens (including phenoxy) is 3. The predicted molar refractivity (Wildman–Crippen MR) is 164 cm³/mol. The van der Waals surface area contributed by atoms with E-state index in [4.69, 9.17) is 14.2 Å². The minimum atomic E-state index is -1.03. The molecule has 0 saturated carbocycles. The van der Waals surface area contributed by atoms with Crippen molar-refractivity contribution in [2.75, 3.05) is 18.1 Å². The Kier molecular flexibility index (Phi) is 8.59. The van der Waals surface area contributed by atoms with Crippen molar-refractivity contribution in [1.29, 1.82) is 0 Å². The van der Waals surface area contributed by atoms with Gasteiger partial charge in [0.25, 0.3) is 5.78 Å². The van der Waals surface area contributed by atoms with Gasteiger partial charge in [-0.25, -0.2) is 4.98 Å². The van der Waals surface area contributed by atoms with E-state index in [0.29, 0.717) is 58.7 Å². The zero-order chi connectivity index (χ0) is 31.0. The fourth-order valence-electron chi connectivity index (χ4n) is 5.37. The second-order valence-electron chi connectivity index (χ2n) is 11.3. The number of ketones is 2. The molecule has 1 amide bonds. The Hall–Kier alpha value is -4.18. The summed E-state index contributed by atoms with van der Waals surface area (Å²) >= 11 is 1.04. The largest absolute Gasteiger partial charge is 0.507 e. The molecular weight excluding hydrogens is 568 g/mol. The topological polar surface area (TPSA) is 115 Å². The van der Waals surface area contributed by atoms with E-state index in [-0.39, 0.29) is 28.4 Å². The summed E-state index contributed by atoms with van der Waals surface area (Å²) in [4.78, 5) is 45.8. The highest BCUT2D eigenvalue weighted by molar-refractivity contribution is 7.18. The van der Waals surface area contributed by atoms with E-state index in [1.807, 2.05) is 13.8 Å². The van der Waals surface area contributed by atoms with Crippen LogP contribution in [0.5, 0.6) is 17.2 Å². The third-order valence-corrected chi connectivity index (χ3v) is 8.72. The molecule has 2 atom stereocenters. The average molecular weight is 605 g/mol. The quantitative estimate of drug-likeness (QED) is 0.122. The first kappa shape index (κ1) is 30.3. The smallest absolute Gasteiger partial charge is 0.301 e. The van der Waals surface area contributed by atoms with Crippen LogP contribution in [0.15, 0.2) is 42.0 Å². The molecule has 1 N–H and O–H groups in total. The Labute approximate surface area is 255 Å². The number of aromatic nitrogens is 1. The number of amides is 1. The number of benzene rings is 2. The number of rotatable bonds is 10. The molecule has 0 spiro atoms. The van der Waals surface area contributed by atoms with Crippen LogP contribution in [-0.4, -0.2) is 46.9 Å². The SMILES string of the molecule is CCOc1cc([C@@H]2C(=C(O)c3ccc4c(c3)C[C@@H](C)O4)C(=O)C(=O)N2c2nc(C)c(C(C)=O)s2)ccc1OCCC(C)C. The molecule has 2 aliphatic heterocycles.